The van der Waals surface area contributed by atoms with Crippen LogP contribution in [-0.4, -0.2) is 41.9 Å². The summed E-state index contributed by atoms with van der Waals surface area (Å²) in [5, 5.41) is 8.81. The molecule has 0 unspecified atom stereocenters. The zero-order valence-electron chi connectivity index (χ0n) is 10.3. The van der Waals surface area contributed by atoms with Gasteiger partial charge in [0.1, 0.15) is 0 Å². The molecule has 1 aromatic carbocycles. The fourth-order valence-corrected chi connectivity index (χ4v) is 1.91. The SMILES string of the molecule is Cc1ccc(C(=O)N(C)CCO)cc1CCS. The van der Waals surface area contributed by atoms with Gasteiger partial charge < -0.3 is 10.0 Å². The van der Waals surface area contributed by atoms with E-state index < -0.39 is 0 Å². The van der Waals surface area contributed by atoms with Gasteiger partial charge in [-0.15, -0.1) is 0 Å². The molecular weight excluding hydrogens is 234 g/mol. The molecule has 1 amide bonds. The molecule has 1 rings (SSSR count). The predicted molar refractivity (Wildman–Crippen MR) is 72.8 cm³/mol. The molecular formula is C13H19NO2S. The highest BCUT2D eigenvalue weighted by molar-refractivity contribution is 7.80. The lowest BCUT2D eigenvalue weighted by Crippen LogP contribution is -2.29. The maximum atomic E-state index is 12.0. The zero-order chi connectivity index (χ0) is 12.8. The van der Waals surface area contributed by atoms with Crippen LogP contribution in [-0.2, 0) is 6.42 Å². The molecule has 3 nitrogen and oxygen atoms in total. The Labute approximate surface area is 108 Å². The van der Waals surface area contributed by atoms with E-state index in [0.717, 1.165) is 17.7 Å². The molecule has 4 heteroatoms. The van der Waals surface area contributed by atoms with Crippen molar-refractivity contribution >= 4 is 18.5 Å². The smallest absolute Gasteiger partial charge is 0.253 e. The summed E-state index contributed by atoms with van der Waals surface area (Å²) >= 11 is 4.21. The van der Waals surface area contributed by atoms with Crippen LogP contribution in [0.4, 0.5) is 0 Å². The fraction of sp³-hybridized carbons (Fsp3) is 0.462. The van der Waals surface area contributed by atoms with Crippen molar-refractivity contribution in [3.63, 3.8) is 0 Å². The highest BCUT2D eigenvalue weighted by atomic mass is 32.1. The number of carbonyl (C=O) groups excluding carboxylic acids is 1. The van der Waals surface area contributed by atoms with Crippen molar-refractivity contribution in [2.45, 2.75) is 13.3 Å². The van der Waals surface area contributed by atoms with Crippen molar-refractivity contribution < 1.29 is 9.90 Å². The van der Waals surface area contributed by atoms with Gasteiger partial charge >= 0.3 is 0 Å². The lowest BCUT2D eigenvalue weighted by atomic mass is 10.0. The first kappa shape index (κ1) is 14.1. The number of rotatable bonds is 5. The normalized spacial score (nSPS) is 10.4. The van der Waals surface area contributed by atoms with Crippen molar-refractivity contribution in [2.75, 3.05) is 26.0 Å². The number of amides is 1. The van der Waals surface area contributed by atoms with E-state index in [4.69, 9.17) is 5.11 Å². The van der Waals surface area contributed by atoms with E-state index in [1.807, 2.05) is 25.1 Å². The van der Waals surface area contributed by atoms with Gasteiger partial charge in [-0.2, -0.15) is 12.6 Å². The van der Waals surface area contributed by atoms with E-state index in [9.17, 15) is 4.79 Å². The van der Waals surface area contributed by atoms with Crippen molar-refractivity contribution in [3.05, 3.63) is 34.9 Å². The number of nitrogens with zero attached hydrogens (tertiary/aromatic N) is 1. The van der Waals surface area contributed by atoms with Gasteiger partial charge in [0.25, 0.3) is 5.91 Å². The van der Waals surface area contributed by atoms with E-state index >= 15 is 0 Å². The number of carbonyl (C=O) groups is 1. The molecule has 0 saturated carbocycles. The summed E-state index contributed by atoms with van der Waals surface area (Å²) in [6.45, 7) is 2.37. The van der Waals surface area contributed by atoms with Crippen molar-refractivity contribution in [1.29, 1.82) is 0 Å². The molecule has 17 heavy (non-hydrogen) atoms. The number of benzene rings is 1. The standard InChI is InChI=1S/C13H19NO2S/c1-10-3-4-12(9-11(10)5-8-17)13(16)14(2)6-7-15/h3-4,9,15,17H,5-8H2,1-2H3. The van der Waals surface area contributed by atoms with Crippen molar-refractivity contribution in [2.24, 2.45) is 0 Å². The number of likely N-dealkylation sites (N-methyl/N-ethyl adjacent to an activating group) is 1. The lowest BCUT2D eigenvalue weighted by molar-refractivity contribution is 0.0767. The Kier molecular flexibility index (Phi) is 5.51. The number of aliphatic hydroxyl groups excluding tert-OH is 1. The molecule has 0 aliphatic carbocycles. The second-order valence-corrected chi connectivity index (χ2v) is 4.51. The Morgan fingerprint density at radius 2 is 2.18 bits per heavy atom. The molecule has 0 atom stereocenters. The highest BCUT2D eigenvalue weighted by Crippen LogP contribution is 2.14. The number of thiol groups is 1. The molecule has 1 N–H and O–H groups in total. The lowest BCUT2D eigenvalue weighted by Gasteiger charge is -2.16. The summed E-state index contributed by atoms with van der Waals surface area (Å²) < 4.78 is 0. The van der Waals surface area contributed by atoms with Crippen LogP contribution in [0.3, 0.4) is 0 Å². The monoisotopic (exact) mass is 253 g/mol. The van der Waals surface area contributed by atoms with Gasteiger partial charge in [-0.05, 0) is 42.4 Å². The topological polar surface area (TPSA) is 40.5 Å². The second-order valence-electron chi connectivity index (χ2n) is 4.07. The van der Waals surface area contributed by atoms with Crippen LogP contribution in [0.25, 0.3) is 0 Å². The summed E-state index contributed by atoms with van der Waals surface area (Å²) in [5.41, 5.74) is 3.01. The zero-order valence-corrected chi connectivity index (χ0v) is 11.2. The maximum Gasteiger partial charge on any atom is 0.253 e. The van der Waals surface area contributed by atoms with Crippen molar-refractivity contribution in [3.8, 4) is 0 Å². The quantitative estimate of drug-likeness (QED) is 0.781. The molecule has 0 aliphatic rings. The Bertz CT molecular complexity index is 393. The molecule has 0 aliphatic heterocycles. The van der Waals surface area contributed by atoms with Crippen LogP contribution in [0.5, 0.6) is 0 Å². The summed E-state index contributed by atoms with van der Waals surface area (Å²) in [7, 11) is 1.69. The van der Waals surface area contributed by atoms with Crippen LogP contribution in [0.2, 0.25) is 0 Å². The van der Waals surface area contributed by atoms with E-state index in [-0.39, 0.29) is 12.5 Å². The molecule has 0 saturated heterocycles. The minimum Gasteiger partial charge on any atom is -0.395 e. The summed E-state index contributed by atoms with van der Waals surface area (Å²) in [6.07, 6.45) is 0.861. The number of aliphatic hydroxyl groups is 1. The first-order chi connectivity index (χ1) is 8.10. The van der Waals surface area contributed by atoms with E-state index in [0.29, 0.717) is 12.1 Å². The largest absolute Gasteiger partial charge is 0.395 e. The van der Waals surface area contributed by atoms with Crippen LogP contribution < -0.4 is 0 Å². The van der Waals surface area contributed by atoms with Gasteiger partial charge in [0.05, 0.1) is 6.61 Å². The van der Waals surface area contributed by atoms with E-state index in [1.54, 1.807) is 7.05 Å². The average molecular weight is 253 g/mol. The second kappa shape index (κ2) is 6.67. The summed E-state index contributed by atoms with van der Waals surface area (Å²) in [6, 6.07) is 5.70. The van der Waals surface area contributed by atoms with Gasteiger partial charge in [-0.1, -0.05) is 6.07 Å². The average Bonchev–Trinajstić information content (AvgIpc) is 2.31. The molecule has 0 fully saturated rings. The van der Waals surface area contributed by atoms with Gasteiger partial charge in [-0.25, -0.2) is 0 Å². The van der Waals surface area contributed by atoms with Gasteiger partial charge in [-0.3, -0.25) is 4.79 Å². The predicted octanol–water partition coefficient (Wildman–Crippen LogP) is 1.53. The molecule has 0 bridgehead atoms. The van der Waals surface area contributed by atoms with E-state index in [2.05, 4.69) is 12.6 Å². The summed E-state index contributed by atoms with van der Waals surface area (Å²) in [5.74, 6) is 0.713. The summed E-state index contributed by atoms with van der Waals surface area (Å²) in [4.78, 5) is 13.5. The van der Waals surface area contributed by atoms with Gasteiger partial charge in [0, 0.05) is 19.2 Å². The molecule has 0 spiro atoms. The first-order valence-corrected chi connectivity index (χ1v) is 6.30. The van der Waals surface area contributed by atoms with Gasteiger partial charge in [0.15, 0.2) is 0 Å². The molecule has 94 valence electrons. The third-order valence-electron chi connectivity index (χ3n) is 2.76. The number of hydrogen-bond donors (Lipinski definition) is 2. The fourth-order valence-electron chi connectivity index (χ4n) is 1.67. The Balaban J connectivity index is 2.91. The number of hydrogen-bond acceptors (Lipinski definition) is 3. The molecule has 1 aromatic rings. The van der Waals surface area contributed by atoms with Crippen molar-refractivity contribution in [1.82, 2.24) is 4.90 Å². The van der Waals surface area contributed by atoms with Crippen LogP contribution in [0, 0.1) is 6.92 Å². The first-order valence-electron chi connectivity index (χ1n) is 5.67. The Morgan fingerprint density at radius 3 is 2.76 bits per heavy atom. The minimum atomic E-state index is -0.0561. The minimum absolute atomic E-state index is 0.0163. The maximum absolute atomic E-state index is 12.0. The Morgan fingerprint density at radius 1 is 1.47 bits per heavy atom. The highest BCUT2D eigenvalue weighted by Gasteiger charge is 2.12. The number of aryl methyl sites for hydroxylation is 2. The third kappa shape index (κ3) is 3.75. The molecule has 0 heterocycles. The van der Waals surface area contributed by atoms with Crippen LogP contribution in [0.1, 0.15) is 21.5 Å². The molecule has 0 aromatic heterocycles. The van der Waals surface area contributed by atoms with Crippen LogP contribution >= 0.6 is 12.6 Å². The molecule has 0 radical (unpaired) electrons. The third-order valence-corrected chi connectivity index (χ3v) is 2.98. The Hall–Kier alpha value is -1.00. The van der Waals surface area contributed by atoms with E-state index in [1.165, 1.54) is 10.5 Å². The van der Waals surface area contributed by atoms with Crippen LogP contribution in [0.15, 0.2) is 18.2 Å². The van der Waals surface area contributed by atoms with Gasteiger partial charge in [0.2, 0.25) is 0 Å².